The zero-order valence-corrected chi connectivity index (χ0v) is 18.4. The van der Waals surface area contributed by atoms with Crippen molar-refractivity contribution in [3.63, 3.8) is 0 Å². The first-order chi connectivity index (χ1) is 14.5. The van der Waals surface area contributed by atoms with Crippen molar-refractivity contribution in [2.75, 3.05) is 37.0 Å². The van der Waals surface area contributed by atoms with Gasteiger partial charge < -0.3 is 15.1 Å². The highest BCUT2D eigenvalue weighted by Gasteiger charge is 2.47. The summed E-state index contributed by atoms with van der Waals surface area (Å²) in [5, 5.41) is 2.95. The summed E-state index contributed by atoms with van der Waals surface area (Å²) in [5.74, 6) is 0.0810. The van der Waals surface area contributed by atoms with E-state index < -0.39 is 5.82 Å². The number of likely N-dealkylation sites (tertiary alicyclic amines) is 1. The van der Waals surface area contributed by atoms with Crippen LogP contribution < -0.4 is 5.32 Å². The first kappa shape index (κ1) is 21.1. The van der Waals surface area contributed by atoms with Gasteiger partial charge in [-0.25, -0.2) is 9.18 Å². The van der Waals surface area contributed by atoms with E-state index in [-0.39, 0.29) is 22.4 Å². The van der Waals surface area contributed by atoms with Gasteiger partial charge in [0.05, 0.1) is 10.4 Å². The highest BCUT2D eigenvalue weighted by molar-refractivity contribution is 8.00. The van der Waals surface area contributed by atoms with Crippen molar-refractivity contribution in [3.8, 4) is 0 Å². The minimum atomic E-state index is -0.487. The molecule has 30 heavy (non-hydrogen) atoms. The van der Waals surface area contributed by atoms with Crippen molar-refractivity contribution in [2.45, 2.75) is 22.6 Å². The standard InChI is InChI=1S/C22H24FN3O2S2/c1-29-17-8-6-16(7-9-17)24-21(28)25-12-10-22(11-13-25)26(14-15-30-22)20(27)18-4-2-3-5-19(18)23/h2-9H,10-15H2,1H3,(H,24,28). The van der Waals surface area contributed by atoms with Gasteiger partial charge in [-0.15, -0.1) is 23.5 Å². The largest absolute Gasteiger partial charge is 0.324 e. The molecule has 8 heteroatoms. The molecule has 158 valence electrons. The van der Waals surface area contributed by atoms with Gasteiger partial charge in [0.25, 0.3) is 5.91 Å². The molecule has 0 aliphatic carbocycles. The number of piperidine rings is 1. The highest BCUT2D eigenvalue weighted by atomic mass is 32.2. The van der Waals surface area contributed by atoms with E-state index in [1.807, 2.05) is 35.4 Å². The minimum Gasteiger partial charge on any atom is -0.324 e. The monoisotopic (exact) mass is 445 g/mol. The molecular formula is C22H24FN3O2S2. The summed E-state index contributed by atoms with van der Waals surface area (Å²) in [5.41, 5.74) is 0.887. The van der Waals surface area contributed by atoms with E-state index in [9.17, 15) is 14.0 Å². The summed E-state index contributed by atoms with van der Waals surface area (Å²) in [6.07, 6.45) is 3.37. The van der Waals surface area contributed by atoms with Crippen molar-refractivity contribution < 1.29 is 14.0 Å². The third kappa shape index (κ3) is 4.16. The first-order valence-electron chi connectivity index (χ1n) is 9.93. The SMILES string of the molecule is CSc1ccc(NC(=O)N2CCC3(CC2)SCCN3C(=O)c2ccccc2F)cc1. The van der Waals surface area contributed by atoms with E-state index in [1.165, 1.54) is 6.07 Å². The number of amides is 3. The third-order valence-electron chi connectivity index (χ3n) is 5.70. The maximum absolute atomic E-state index is 14.2. The number of urea groups is 1. The Morgan fingerprint density at radius 2 is 1.77 bits per heavy atom. The molecule has 2 saturated heterocycles. The predicted octanol–water partition coefficient (Wildman–Crippen LogP) is 4.76. The van der Waals surface area contributed by atoms with Crippen molar-refractivity contribution in [3.05, 3.63) is 59.9 Å². The Bertz CT molecular complexity index is 930. The Morgan fingerprint density at radius 1 is 1.07 bits per heavy atom. The lowest BCUT2D eigenvalue weighted by atomic mass is 10.0. The number of carbonyl (C=O) groups excluding carboxylic acids is 2. The quantitative estimate of drug-likeness (QED) is 0.692. The molecule has 1 N–H and O–H groups in total. The topological polar surface area (TPSA) is 52.7 Å². The minimum absolute atomic E-state index is 0.119. The van der Waals surface area contributed by atoms with Crippen LogP contribution in [-0.2, 0) is 0 Å². The summed E-state index contributed by atoms with van der Waals surface area (Å²) >= 11 is 3.40. The van der Waals surface area contributed by atoms with Gasteiger partial charge in [0.2, 0.25) is 0 Å². The number of halogens is 1. The molecule has 2 aromatic rings. The zero-order valence-electron chi connectivity index (χ0n) is 16.8. The number of nitrogens with zero attached hydrogens (tertiary/aromatic N) is 2. The lowest BCUT2D eigenvalue weighted by Crippen LogP contribution is -2.54. The summed E-state index contributed by atoms with van der Waals surface area (Å²) in [4.78, 5) is 30.1. The van der Waals surface area contributed by atoms with Crippen molar-refractivity contribution in [1.82, 2.24) is 9.80 Å². The molecule has 2 aromatic carbocycles. The number of carbonyl (C=O) groups is 2. The first-order valence-corrected chi connectivity index (χ1v) is 12.1. The molecular weight excluding hydrogens is 421 g/mol. The normalized spacial score (nSPS) is 17.9. The molecule has 1 spiro atoms. The molecule has 2 heterocycles. The Labute approximate surface area is 184 Å². The summed E-state index contributed by atoms with van der Waals surface area (Å²) in [7, 11) is 0. The fourth-order valence-corrected chi connectivity index (χ4v) is 5.89. The van der Waals surface area contributed by atoms with E-state index in [1.54, 1.807) is 46.6 Å². The molecule has 3 amide bonds. The number of nitrogens with one attached hydrogen (secondary N) is 1. The average molecular weight is 446 g/mol. The van der Waals surface area contributed by atoms with Gasteiger partial charge >= 0.3 is 6.03 Å². The second kappa shape index (κ2) is 8.89. The van der Waals surface area contributed by atoms with Crippen LogP contribution in [0.5, 0.6) is 0 Å². The molecule has 0 aromatic heterocycles. The fourth-order valence-electron chi connectivity index (χ4n) is 4.03. The highest BCUT2D eigenvalue weighted by Crippen LogP contribution is 2.44. The van der Waals surface area contributed by atoms with Gasteiger partial charge in [-0.2, -0.15) is 0 Å². The zero-order chi connectivity index (χ0) is 21.1. The van der Waals surface area contributed by atoms with Gasteiger partial charge in [0.1, 0.15) is 5.82 Å². The van der Waals surface area contributed by atoms with E-state index in [0.717, 1.165) is 16.3 Å². The van der Waals surface area contributed by atoms with Crippen LogP contribution >= 0.6 is 23.5 Å². The lowest BCUT2D eigenvalue weighted by Gasteiger charge is -2.44. The van der Waals surface area contributed by atoms with Crippen LogP contribution in [0.4, 0.5) is 14.9 Å². The Hall–Kier alpha value is -2.19. The van der Waals surface area contributed by atoms with Crippen LogP contribution in [-0.4, -0.2) is 58.3 Å². The maximum Gasteiger partial charge on any atom is 0.321 e. The molecule has 2 aliphatic heterocycles. The predicted molar refractivity (Wildman–Crippen MR) is 121 cm³/mol. The van der Waals surface area contributed by atoms with Crippen molar-refractivity contribution >= 4 is 41.1 Å². The van der Waals surface area contributed by atoms with Crippen LogP contribution in [0.15, 0.2) is 53.4 Å². The maximum atomic E-state index is 14.2. The van der Waals surface area contributed by atoms with E-state index in [0.29, 0.717) is 32.5 Å². The number of anilines is 1. The average Bonchev–Trinajstić information content (AvgIpc) is 3.17. The summed E-state index contributed by atoms with van der Waals surface area (Å²) < 4.78 is 14.2. The molecule has 2 fully saturated rings. The van der Waals surface area contributed by atoms with E-state index in [2.05, 4.69) is 5.32 Å². The second-order valence-electron chi connectivity index (χ2n) is 7.38. The molecule has 0 unspecified atom stereocenters. The van der Waals surface area contributed by atoms with E-state index in [4.69, 9.17) is 0 Å². The molecule has 0 radical (unpaired) electrons. The number of hydrogen-bond acceptors (Lipinski definition) is 4. The second-order valence-corrected chi connectivity index (χ2v) is 9.71. The molecule has 0 saturated carbocycles. The summed E-state index contributed by atoms with van der Waals surface area (Å²) in [6, 6.07) is 13.8. The van der Waals surface area contributed by atoms with Crippen molar-refractivity contribution in [1.29, 1.82) is 0 Å². The molecule has 2 aliphatic rings. The molecule has 5 nitrogen and oxygen atoms in total. The number of hydrogen-bond donors (Lipinski definition) is 1. The van der Waals surface area contributed by atoms with Gasteiger partial charge in [0.15, 0.2) is 0 Å². The molecule has 4 rings (SSSR count). The van der Waals surface area contributed by atoms with Crippen LogP contribution in [0.1, 0.15) is 23.2 Å². The smallest absolute Gasteiger partial charge is 0.321 e. The van der Waals surface area contributed by atoms with Gasteiger partial charge in [0, 0.05) is 36.0 Å². The lowest BCUT2D eigenvalue weighted by molar-refractivity contribution is 0.0581. The number of benzene rings is 2. The van der Waals surface area contributed by atoms with Crippen LogP contribution in [0.3, 0.4) is 0 Å². The Balaban J connectivity index is 1.40. The number of rotatable bonds is 3. The van der Waals surface area contributed by atoms with Crippen LogP contribution in [0, 0.1) is 5.82 Å². The third-order valence-corrected chi connectivity index (χ3v) is 8.00. The number of thioether (sulfide) groups is 2. The Morgan fingerprint density at radius 3 is 2.43 bits per heavy atom. The fraction of sp³-hybridized carbons (Fsp3) is 0.364. The van der Waals surface area contributed by atoms with Gasteiger partial charge in [-0.3, -0.25) is 4.79 Å². The van der Waals surface area contributed by atoms with Crippen LogP contribution in [0.25, 0.3) is 0 Å². The van der Waals surface area contributed by atoms with E-state index >= 15 is 0 Å². The Kier molecular flexibility index (Phi) is 6.24. The summed E-state index contributed by atoms with van der Waals surface area (Å²) in [6.45, 7) is 1.72. The molecule has 0 atom stereocenters. The van der Waals surface area contributed by atoms with Crippen molar-refractivity contribution in [2.24, 2.45) is 0 Å². The van der Waals surface area contributed by atoms with Gasteiger partial charge in [-0.05, 0) is 55.5 Å². The molecule has 0 bridgehead atoms. The van der Waals surface area contributed by atoms with Gasteiger partial charge in [-0.1, -0.05) is 12.1 Å². The van der Waals surface area contributed by atoms with Crippen LogP contribution in [0.2, 0.25) is 0 Å².